The molecule has 1 heterocycles. The molecule has 2 rings (SSSR count). The number of hydrogen-bond acceptors (Lipinski definition) is 4. The van der Waals surface area contributed by atoms with Gasteiger partial charge in [-0.3, -0.25) is 4.79 Å². The Morgan fingerprint density at radius 3 is 2.05 bits per heavy atom. The van der Waals surface area contributed by atoms with Crippen LogP contribution in [0, 0.1) is 5.41 Å². The van der Waals surface area contributed by atoms with Gasteiger partial charge < -0.3 is 14.0 Å². The van der Waals surface area contributed by atoms with Crippen LogP contribution in [-0.4, -0.2) is 24.3 Å². The first kappa shape index (κ1) is 17.0. The van der Waals surface area contributed by atoms with Crippen molar-refractivity contribution < 1.29 is 18.8 Å². The van der Waals surface area contributed by atoms with E-state index in [0.717, 1.165) is 5.46 Å². The lowest BCUT2D eigenvalue weighted by molar-refractivity contribution is -0.142. The van der Waals surface area contributed by atoms with Crippen LogP contribution < -0.4 is 10.2 Å². The summed E-state index contributed by atoms with van der Waals surface area (Å²) in [5.41, 5.74) is -0.695. The largest absolute Gasteiger partial charge is 0.498 e. The molecule has 1 saturated heterocycles. The molecule has 1 aliphatic rings. The van der Waals surface area contributed by atoms with Crippen molar-refractivity contribution in [3.05, 3.63) is 24.3 Å². The summed E-state index contributed by atoms with van der Waals surface area (Å²) in [4.78, 5) is 12.2. The quantitative estimate of drug-likeness (QED) is 0.479. The second kappa shape index (κ2) is 5.39. The Morgan fingerprint density at radius 2 is 1.55 bits per heavy atom. The van der Waals surface area contributed by atoms with Gasteiger partial charge in [-0.1, -0.05) is 18.2 Å². The molecule has 0 bridgehead atoms. The average Bonchev–Trinajstić information content (AvgIpc) is 2.57. The summed E-state index contributed by atoms with van der Waals surface area (Å²) in [6.07, 6.45) is 0. The second-order valence-corrected chi connectivity index (χ2v) is 7.77. The molecule has 1 aliphatic heterocycles. The van der Waals surface area contributed by atoms with Crippen LogP contribution in [0.15, 0.2) is 24.3 Å². The van der Waals surface area contributed by atoms with E-state index in [1.807, 2.05) is 66.7 Å². The van der Waals surface area contributed by atoms with Gasteiger partial charge in [0, 0.05) is 5.46 Å². The van der Waals surface area contributed by atoms with Crippen molar-refractivity contribution in [1.82, 2.24) is 0 Å². The summed E-state index contributed by atoms with van der Waals surface area (Å²) in [6.45, 7) is 13.5. The number of carbonyl (C=O) groups is 1. The van der Waals surface area contributed by atoms with Crippen molar-refractivity contribution in [3.63, 3.8) is 0 Å². The lowest BCUT2D eigenvalue weighted by Crippen LogP contribution is -2.41. The van der Waals surface area contributed by atoms with Crippen molar-refractivity contribution in [2.45, 2.75) is 59.7 Å². The summed E-state index contributed by atoms with van der Waals surface area (Å²) in [7, 11) is -0.547. The highest BCUT2D eigenvalue weighted by molar-refractivity contribution is 6.63. The first-order chi connectivity index (χ1) is 9.94. The number of esters is 1. The molecule has 1 fully saturated rings. The maximum absolute atomic E-state index is 12.2. The van der Waals surface area contributed by atoms with Crippen LogP contribution in [0.2, 0.25) is 0 Å². The number of hydrogen-bond donors (Lipinski definition) is 0. The van der Waals surface area contributed by atoms with E-state index in [1.165, 1.54) is 0 Å². The van der Waals surface area contributed by atoms with Gasteiger partial charge in [0.25, 0.3) is 0 Å². The van der Waals surface area contributed by atoms with Crippen LogP contribution in [0.4, 0.5) is 0 Å². The monoisotopic (exact) mass is 304 g/mol. The minimum absolute atomic E-state index is 0.281. The predicted octanol–water partition coefficient (Wildman–Crippen LogP) is 2.94. The topological polar surface area (TPSA) is 44.8 Å². The average molecular weight is 304 g/mol. The molecule has 4 nitrogen and oxygen atoms in total. The Morgan fingerprint density at radius 1 is 1.05 bits per heavy atom. The Bertz CT molecular complexity index is 556. The van der Waals surface area contributed by atoms with E-state index in [-0.39, 0.29) is 5.97 Å². The van der Waals surface area contributed by atoms with Crippen LogP contribution in [0.25, 0.3) is 0 Å². The van der Waals surface area contributed by atoms with Crippen molar-refractivity contribution in [2.24, 2.45) is 5.41 Å². The number of rotatable bonds is 2. The van der Waals surface area contributed by atoms with E-state index in [4.69, 9.17) is 14.0 Å². The Hall–Kier alpha value is -1.33. The molecule has 0 saturated carbocycles. The second-order valence-electron chi connectivity index (χ2n) is 7.77. The molecule has 0 spiro atoms. The molecule has 0 amide bonds. The zero-order valence-electron chi connectivity index (χ0n) is 14.5. The van der Waals surface area contributed by atoms with Gasteiger partial charge >= 0.3 is 13.1 Å². The van der Waals surface area contributed by atoms with Crippen molar-refractivity contribution in [3.8, 4) is 5.75 Å². The third kappa shape index (κ3) is 3.20. The summed E-state index contributed by atoms with van der Waals surface area (Å²) in [5, 5.41) is 0. The molecule has 5 heteroatoms. The highest BCUT2D eigenvalue weighted by Crippen LogP contribution is 2.37. The fourth-order valence-electron chi connectivity index (χ4n) is 1.99. The molecule has 22 heavy (non-hydrogen) atoms. The minimum atomic E-state index is -0.566. The first-order valence-electron chi connectivity index (χ1n) is 7.61. The molecule has 0 aromatic heterocycles. The molecule has 0 N–H and O–H groups in total. The molecule has 120 valence electrons. The first-order valence-corrected chi connectivity index (χ1v) is 7.61. The van der Waals surface area contributed by atoms with Gasteiger partial charge in [0.15, 0.2) is 0 Å². The number of para-hydroxylation sites is 1. The SMILES string of the molecule is CC(C)(C)C(=O)Oc1ccccc1B1OC(C)(C)C(C)(C)O1. The molecule has 1 aromatic rings. The van der Waals surface area contributed by atoms with Gasteiger partial charge in [-0.05, 0) is 54.5 Å². The molecular formula is C17H25BO4. The lowest BCUT2D eigenvalue weighted by atomic mass is 9.78. The van der Waals surface area contributed by atoms with Gasteiger partial charge in [-0.15, -0.1) is 0 Å². The van der Waals surface area contributed by atoms with Gasteiger partial charge in [0.05, 0.1) is 16.6 Å². The van der Waals surface area contributed by atoms with Crippen LogP contribution in [-0.2, 0) is 14.1 Å². The summed E-state index contributed by atoms with van der Waals surface area (Å²) in [6, 6.07) is 7.35. The minimum Gasteiger partial charge on any atom is -0.427 e. The molecule has 1 aromatic carbocycles. The van der Waals surface area contributed by atoms with Gasteiger partial charge in [-0.2, -0.15) is 0 Å². The molecule has 0 unspecified atom stereocenters. The number of ether oxygens (including phenoxy) is 1. The number of benzene rings is 1. The highest BCUT2D eigenvalue weighted by atomic mass is 16.7. The molecule has 0 aliphatic carbocycles. The zero-order valence-corrected chi connectivity index (χ0v) is 14.5. The third-order valence-corrected chi connectivity index (χ3v) is 4.24. The van der Waals surface area contributed by atoms with Crippen LogP contribution >= 0.6 is 0 Å². The van der Waals surface area contributed by atoms with Crippen molar-refractivity contribution in [2.75, 3.05) is 0 Å². The third-order valence-electron chi connectivity index (χ3n) is 4.24. The van der Waals surface area contributed by atoms with E-state index >= 15 is 0 Å². The van der Waals surface area contributed by atoms with E-state index in [2.05, 4.69) is 0 Å². The highest BCUT2D eigenvalue weighted by Gasteiger charge is 2.52. The normalized spacial score (nSPS) is 20.0. The van der Waals surface area contributed by atoms with Crippen molar-refractivity contribution >= 4 is 18.6 Å². The lowest BCUT2D eigenvalue weighted by Gasteiger charge is -2.32. The van der Waals surface area contributed by atoms with Crippen LogP contribution in [0.3, 0.4) is 0 Å². The van der Waals surface area contributed by atoms with E-state index < -0.39 is 23.7 Å². The molecule has 0 atom stereocenters. The fraction of sp³-hybridized carbons (Fsp3) is 0.588. The maximum atomic E-state index is 12.2. The standard InChI is InChI=1S/C17H25BO4/c1-15(2,3)14(19)20-13-11-9-8-10-12(13)18-21-16(4,5)17(6,7)22-18/h8-11H,1-7H3. The molecular weight excluding hydrogens is 279 g/mol. The van der Waals surface area contributed by atoms with Gasteiger partial charge in [-0.25, -0.2) is 0 Å². The Kier molecular flexibility index (Phi) is 4.17. The van der Waals surface area contributed by atoms with E-state index in [1.54, 1.807) is 6.07 Å². The maximum Gasteiger partial charge on any atom is 0.498 e. The smallest absolute Gasteiger partial charge is 0.427 e. The van der Waals surface area contributed by atoms with Crippen LogP contribution in [0.1, 0.15) is 48.5 Å². The summed E-state index contributed by atoms with van der Waals surface area (Å²) < 4.78 is 17.6. The summed E-state index contributed by atoms with van der Waals surface area (Å²) >= 11 is 0. The van der Waals surface area contributed by atoms with Crippen molar-refractivity contribution in [1.29, 1.82) is 0 Å². The van der Waals surface area contributed by atoms with Gasteiger partial charge in [0.2, 0.25) is 0 Å². The Balaban J connectivity index is 2.29. The summed E-state index contributed by atoms with van der Waals surface area (Å²) in [5.74, 6) is 0.206. The fourth-order valence-corrected chi connectivity index (χ4v) is 1.99. The van der Waals surface area contributed by atoms with Crippen LogP contribution in [0.5, 0.6) is 5.75 Å². The Labute approximate surface area is 133 Å². The predicted molar refractivity (Wildman–Crippen MR) is 87.2 cm³/mol. The zero-order chi connectivity index (χ0) is 16.8. The molecule has 0 radical (unpaired) electrons. The van der Waals surface area contributed by atoms with E-state index in [9.17, 15) is 4.79 Å². The number of carbonyl (C=O) groups excluding carboxylic acids is 1. The van der Waals surface area contributed by atoms with Gasteiger partial charge in [0.1, 0.15) is 5.75 Å². The van der Waals surface area contributed by atoms with E-state index in [0.29, 0.717) is 5.75 Å².